The van der Waals surface area contributed by atoms with E-state index in [1.54, 1.807) is 51.3 Å². The van der Waals surface area contributed by atoms with Gasteiger partial charge in [-0.25, -0.2) is 8.42 Å². The van der Waals surface area contributed by atoms with Crippen LogP contribution in [0.5, 0.6) is 5.75 Å². The molecule has 0 aromatic heterocycles. The van der Waals surface area contributed by atoms with Crippen LogP contribution in [0.1, 0.15) is 51.7 Å². The van der Waals surface area contributed by atoms with Crippen LogP contribution in [-0.2, 0) is 26.2 Å². The average Bonchev–Trinajstić information content (AvgIpc) is 2.80. The fraction of sp³-hybridized carbons (Fsp3) is 0.481. The van der Waals surface area contributed by atoms with Crippen molar-refractivity contribution in [1.29, 1.82) is 0 Å². The predicted octanol–water partition coefficient (Wildman–Crippen LogP) is 4.54. The van der Waals surface area contributed by atoms with Gasteiger partial charge >= 0.3 is 0 Å². The summed E-state index contributed by atoms with van der Waals surface area (Å²) >= 11 is 6.12. The highest BCUT2D eigenvalue weighted by Crippen LogP contribution is 2.27. The molecule has 0 spiro atoms. The van der Waals surface area contributed by atoms with Gasteiger partial charge in [0.05, 0.1) is 19.1 Å². The molecule has 0 fully saturated rings. The van der Waals surface area contributed by atoms with Gasteiger partial charge in [0.1, 0.15) is 11.8 Å². The monoisotopic (exact) mass is 551 g/mol. The Bertz CT molecular complexity index is 1190. The molecule has 2 aromatic carbocycles. The summed E-state index contributed by atoms with van der Waals surface area (Å²) in [4.78, 5) is 27.9. The van der Waals surface area contributed by atoms with Crippen molar-refractivity contribution >= 4 is 39.1 Å². The minimum absolute atomic E-state index is 0.0644. The molecular formula is C27H38ClN3O5S. The van der Waals surface area contributed by atoms with E-state index in [0.717, 1.165) is 17.4 Å². The number of nitrogens with zero attached hydrogens (tertiary/aromatic N) is 2. The highest BCUT2D eigenvalue weighted by molar-refractivity contribution is 7.92. The van der Waals surface area contributed by atoms with Crippen molar-refractivity contribution in [3.63, 3.8) is 0 Å². The summed E-state index contributed by atoms with van der Waals surface area (Å²) < 4.78 is 31.6. The number of hydrogen-bond donors (Lipinski definition) is 1. The van der Waals surface area contributed by atoms with E-state index in [1.807, 2.05) is 32.9 Å². The first kappa shape index (κ1) is 30.4. The Kier molecular flexibility index (Phi) is 10.4. The zero-order valence-electron chi connectivity index (χ0n) is 22.7. The van der Waals surface area contributed by atoms with E-state index in [4.69, 9.17) is 16.3 Å². The van der Waals surface area contributed by atoms with Gasteiger partial charge in [-0.05, 0) is 76.4 Å². The van der Waals surface area contributed by atoms with Gasteiger partial charge in [0, 0.05) is 30.1 Å². The lowest BCUT2D eigenvalue weighted by Gasteiger charge is -2.32. The third kappa shape index (κ3) is 9.23. The third-order valence-electron chi connectivity index (χ3n) is 5.77. The molecule has 0 radical (unpaired) electrons. The summed E-state index contributed by atoms with van der Waals surface area (Å²) in [7, 11) is -2.03. The van der Waals surface area contributed by atoms with Crippen LogP contribution in [0.15, 0.2) is 42.5 Å². The molecule has 0 aliphatic rings. The fourth-order valence-electron chi connectivity index (χ4n) is 3.82. The molecule has 0 aliphatic heterocycles. The molecular weight excluding hydrogens is 514 g/mol. The highest BCUT2D eigenvalue weighted by atomic mass is 35.5. The number of sulfonamides is 1. The Morgan fingerprint density at radius 3 is 2.27 bits per heavy atom. The zero-order valence-corrected chi connectivity index (χ0v) is 24.2. The summed E-state index contributed by atoms with van der Waals surface area (Å²) in [6.07, 6.45) is 1.46. The molecule has 204 valence electrons. The van der Waals surface area contributed by atoms with Gasteiger partial charge < -0.3 is 15.0 Å². The largest absolute Gasteiger partial charge is 0.497 e. The van der Waals surface area contributed by atoms with E-state index >= 15 is 0 Å². The summed E-state index contributed by atoms with van der Waals surface area (Å²) in [6.45, 7) is 9.47. The first-order valence-corrected chi connectivity index (χ1v) is 14.3. The number of ether oxygens (including phenoxy) is 1. The maximum atomic E-state index is 13.4. The van der Waals surface area contributed by atoms with Crippen LogP contribution in [-0.4, -0.2) is 56.6 Å². The number of carbonyl (C=O) groups excluding carboxylic acids is 2. The Balaban J connectivity index is 2.23. The van der Waals surface area contributed by atoms with Crippen LogP contribution >= 0.6 is 11.6 Å². The lowest BCUT2D eigenvalue weighted by atomic mass is 10.1. The number of methoxy groups -OCH3 is 1. The molecule has 10 heteroatoms. The fourth-order valence-corrected chi connectivity index (χ4v) is 5.00. The predicted molar refractivity (Wildman–Crippen MR) is 149 cm³/mol. The van der Waals surface area contributed by atoms with Crippen molar-refractivity contribution in [3.8, 4) is 5.75 Å². The number of halogens is 1. The molecule has 0 saturated heterocycles. The van der Waals surface area contributed by atoms with Crippen molar-refractivity contribution in [2.24, 2.45) is 0 Å². The summed E-state index contributed by atoms with van der Waals surface area (Å²) in [6, 6.07) is 11.6. The minimum Gasteiger partial charge on any atom is -0.497 e. The quantitative estimate of drug-likeness (QED) is 0.442. The second kappa shape index (κ2) is 12.6. The van der Waals surface area contributed by atoms with Crippen molar-refractivity contribution < 1.29 is 22.7 Å². The van der Waals surface area contributed by atoms with Gasteiger partial charge in [-0.15, -0.1) is 0 Å². The van der Waals surface area contributed by atoms with Gasteiger partial charge in [0.25, 0.3) is 0 Å². The number of rotatable bonds is 11. The molecule has 0 bridgehead atoms. The Morgan fingerprint density at radius 1 is 1.11 bits per heavy atom. The van der Waals surface area contributed by atoms with E-state index in [1.165, 1.54) is 9.21 Å². The first-order chi connectivity index (χ1) is 17.1. The van der Waals surface area contributed by atoms with Gasteiger partial charge in [-0.1, -0.05) is 29.8 Å². The van der Waals surface area contributed by atoms with Crippen molar-refractivity contribution in [1.82, 2.24) is 10.2 Å². The van der Waals surface area contributed by atoms with Crippen molar-refractivity contribution in [2.75, 3.05) is 24.2 Å². The van der Waals surface area contributed by atoms with Crippen molar-refractivity contribution in [3.05, 3.63) is 58.6 Å². The van der Waals surface area contributed by atoms with Gasteiger partial charge in [-0.2, -0.15) is 0 Å². The number of benzene rings is 2. The molecule has 1 unspecified atom stereocenters. The molecule has 37 heavy (non-hydrogen) atoms. The number of aryl methyl sites for hydroxylation is 1. The molecule has 2 amide bonds. The van der Waals surface area contributed by atoms with Gasteiger partial charge in [0.2, 0.25) is 21.8 Å². The van der Waals surface area contributed by atoms with E-state index < -0.39 is 21.6 Å². The molecule has 0 aliphatic carbocycles. The van der Waals surface area contributed by atoms with Gasteiger partial charge in [-0.3, -0.25) is 13.9 Å². The van der Waals surface area contributed by atoms with Crippen molar-refractivity contribution in [2.45, 2.75) is 65.6 Å². The summed E-state index contributed by atoms with van der Waals surface area (Å²) in [5.41, 5.74) is 1.63. The average molecular weight is 552 g/mol. The molecule has 8 nitrogen and oxygen atoms in total. The van der Waals surface area contributed by atoms with Crippen LogP contribution < -0.4 is 14.4 Å². The topological polar surface area (TPSA) is 96.0 Å². The Morgan fingerprint density at radius 2 is 1.73 bits per heavy atom. The molecule has 0 heterocycles. The van der Waals surface area contributed by atoms with Gasteiger partial charge in [0.15, 0.2) is 0 Å². The lowest BCUT2D eigenvalue weighted by molar-refractivity contribution is -0.141. The second-order valence-corrected chi connectivity index (χ2v) is 12.5. The molecule has 2 aromatic rings. The SMILES string of the molecule is COc1ccc(CN(C(=O)CCCN(c2cc(Cl)ccc2C)S(C)(=O)=O)C(C)C(=O)NC(C)(C)C)cc1. The maximum Gasteiger partial charge on any atom is 0.242 e. The van der Waals surface area contributed by atoms with E-state index in [-0.39, 0.29) is 37.7 Å². The van der Waals surface area contributed by atoms with E-state index in [0.29, 0.717) is 16.5 Å². The van der Waals surface area contributed by atoms with Crippen LogP contribution in [0, 0.1) is 6.92 Å². The smallest absolute Gasteiger partial charge is 0.242 e. The standard InChI is InChI=1S/C27H38ClN3O5S/c1-19-10-13-22(28)17-24(19)31(37(7,34)35)16-8-9-25(32)30(20(2)26(33)29-27(3,4)5)18-21-11-14-23(36-6)15-12-21/h10-15,17,20H,8-9,16,18H2,1-7H3,(H,29,33). The Hall–Kier alpha value is -2.78. The van der Waals surface area contributed by atoms with E-state index in [9.17, 15) is 18.0 Å². The molecule has 1 atom stereocenters. The molecule has 0 saturated carbocycles. The zero-order chi connectivity index (χ0) is 28.0. The lowest BCUT2D eigenvalue weighted by Crippen LogP contribution is -2.52. The maximum absolute atomic E-state index is 13.4. The number of amides is 2. The summed E-state index contributed by atoms with van der Waals surface area (Å²) in [5, 5.41) is 3.36. The molecule has 2 rings (SSSR count). The number of anilines is 1. The first-order valence-electron chi connectivity index (χ1n) is 12.1. The van der Waals surface area contributed by atoms with Crippen LogP contribution in [0.3, 0.4) is 0 Å². The number of hydrogen-bond acceptors (Lipinski definition) is 5. The van der Waals surface area contributed by atoms with Crippen LogP contribution in [0.2, 0.25) is 5.02 Å². The Labute approximate surface area is 226 Å². The second-order valence-electron chi connectivity index (χ2n) is 10.2. The number of carbonyl (C=O) groups is 2. The minimum atomic E-state index is -3.61. The van der Waals surface area contributed by atoms with Crippen LogP contribution in [0.4, 0.5) is 5.69 Å². The third-order valence-corrected chi connectivity index (χ3v) is 7.18. The number of nitrogens with one attached hydrogen (secondary N) is 1. The molecule has 1 N–H and O–H groups in total. The van der Waals surface area contributed by atoms with Crippen LogP contribution in [0.25, 0.3) is 0 Å². The summed E-state index contributed by atoms with van der Waals surface area (Å²) in [5.74, 6) is 0.183. The normalized spacial score (nSPS) is 12.5. The van der Waals surface area contributed by atoms with E-state index in [2.05, 4.69) is 5.32 Å². The highest BCUT2D eigenvalue weighted by Gasteiger charge is 2.29.